The molecule has 0 aliphatic rings. The van der Waals surface area contributed by atoms with E-state index >= 15 is 0 Å². The van der Waals surface area contributed by atoms with Crippen molar-refractivity contribution in [2.45, 2.75) is 19.3 Å². The van der Waals surface area contributed by atoms with Crippen LogP contribution in [0.1, 0.15) is 27.9 Å². The fourth-order valence-electron chi connectivity index (χ4n) is 2.73. The van der Waals surface area contributed by atoms with Crippen LogP contribution in [0.2, 0.25) is 0 Å². The number of hydrogen-bond acceptors (Lipinski definition) is 3. The number of ether oxygens (including phenoxy) is 1. The van der Waals surface area contributed by atoms with Gasteiger partial charge in [0.05, 0.1) is 18.6 Å². The van der Waals surface area contributed by atoms with Crippen LogP contribution >= 0.6 is 0 Å². The van der Waals surface area contributed by atoms with E-state index in [0.29, 0.717) is 19.7 Å². The van der Waals surface area contributed by atoms with Crippen molar-refractivity contribution < 1.29 is 19.4 Å². The highest BCUT2D eigenvalue weighted by atomic mass is 16.5. The zero-order valence-corrected chi connectivity index (χ0v) is 15.1. The quantitative estimate of drug-likeness (QED) is 0.711. The molecule has 0 aliphatic carbocycles. The number of amides is 1. The number of aromatic carboxylic acids is 1. The van der Waals surface area contributed by atoms with Gasteiger partial charge in [-0.15, -0.1) is 0 Å². The maximum Gasteiger partial charge on any atom is 0.335 e. The molecule has 1 amide bonds. The average molecular weight is 355 g/mol. The van der Waals surface area contributed by atoms with Crippen LogP contribution in [0.5, 0.6) is 0 Å². The van der Waals surface area contributed by atoms with Crippen molar-refractivity contribution >= 4 is 11.9 Å². The van der Waals surface area contributed by atoms with Crippen molar-refractivity contribution in [3.05, 3.63) is 71.3 Å². The number of carboxylic acids is 1. The Labute approximate surface area is 154 Å². The number of carbonyl (C=O) groups is 2. The molecule has 0 saturated carbocycles. The van der Waals surface area contributed by atoms with Crippen LogP contribution in [0.3, 0.4) is 0 Å². The van der Waals surface area contributed by atoms with Crippen LogP contribution in [0.4, 0.5) is 0 Å². The first-order valence-electron chi connectivity index (χ1n) is 8.73. The van der Waals surface area contributed by atoms with Crippen LogP contribution in [0, 0.1) is 0 Å². The lowest BCUT2D eigenvalue weighted by Gasteiger charge is -2.22. The zero-order valence-electron chi connectivity index (χ0n) is 15.1. The smallest absolute Gasteiger partial charge is 0.335 e. The van der Waals surface area contributed by atoms with Gasteiger partial charge in [0.2, 0.25) is 5.91 Å². The van der Waals surface area contributed by atoms with E-state index in [1.807, 2.05) is 23.1 Å². The molecule has 5 nitrogen and oxygen atoms in total. The molecular weight excluding hydrogens is 330 g/mol. The summed E-state index contributed by atoms with van der Waals surface area (Å²) < 4.78 is 5.12. The Morgan fingerprint density at radius 1 is 0.962 bits per heavy atom. The average Bonchev–Trinajstić information content (AvgIpc) is 2.65. The van der Waals surface area contributed by atoms with Crippen molar-refractivity contribution in [2.24, 2.45) is 0 Å². The minimum absolute atomic E-state index is 0.0261. The molecule has 0 aliphatic heterocycles. The fraction of sp³-hybridized carbons (Fsp3) is 0.333. The Morgan fingerprint density at radius 3 is 2.27 bits per heavy atom. The predicted molar refractivity (Wildman–Crippen MR) is 100 cm³/mol. The molecule has 0 saturated heterocycles. The van der Waals surface area contributed by atoms with Gasteiger partial charge in [-0.2, -0.15) is 0 Å². The summed E-state index contributed by atoms with van der Waals surface area (Å²) in [6.45, 7) is 1.72. The molecule has 0 fully saturated rings. The SMILES string of the molecule is COCCN(CCCc1ccccc1)C(=O)Cc1ccc(C(=O)O)cc1. The van der Waals surface area contributed by atoms with Crippen LogP contribution < -0.4 is 0 Å². The second-order valence-corrected chi connectivity index (χ2v) is 6.14. The molecule has 0 atom stereocenters. The summed E-state index contributed by atoms with van der Waals surface area (Å²) in [5, 5.41) is 8.94. The lowest BCUT2D eigenvalue weighted by Crippen LogP contribution is -2.36. The Bertz CT molecular complexity index is 698. The molecular formula is C21H25NO4. The van der Waals surface area contributed by atoms with Gasteiger partial charge < -0.3 is 14.7 Å². The van der Waals surface area contributed by atoms with E-state index in [-0.39, 0.29) is 17.9 Å². The second-order valence-electron chi connectivity index (χ2n) is 6.14. The maximum absolute atomic E-state index is 12.6. The third-order valence-corrected chi connectivity index (χ3v) is 4.21. The van der Waals surface area contributed by atoms with Gasteiger partial charge in [0, 0.05) is 20.2 Å². The normalized spacial score (nSPS) is 10.5. The number of hydrogen-bond donors (Lipinski definition) is 1. The van der Waals surface area contributed by atoms with E-state index in [4.69, 9.17) is 9.84 Å². The molecule has 0 unspecified atom stereocenters. The molecule has 5 heteroatoms. The molecule has 2 aromatic rings. The third-order valence-electron chi connectivity index (χ3n) is 4.21. The van der Waals surface area contributed by atoms with Crippen molar-refractivity contribution in [2.75, 3.05) is 26.8 Å². The van der Waals surface area contributed by atoms with Gasteiger partial charge in [0.1, 0.15) is 0 Å². The molecule has 0 heterocycles. The maximum atomic E-state index is 12.6. The van der Waals surface area contributed by atoms with Crippen LogP contribution in [0.15, 0.2) is 54.6 Å². The Balaban J connectivity index is 1.91. The highest BCUT2D eigenvalue weighted by molar-refractivity contribution is 5.87. The number of benzene rings is 2. The van der Waals surface area contributed by atoms with Crippen molar-refractivity contribution in [1.82, 2.24) is 4.90 Å². The number of rotatable bonds is 10. The predicted octanol–water partition coefficient (Wildman–Crippen LogP) is 3.04. The first-order chi connectivity index (χ1) is 12.6. The van der Waals surface area contributed by atoms with Gasteiger partial charge in [0.15, 0.2) is 0 Å². The van der Waals surface area contributed by atoms with Gasteiger partial charge in [-0.1, -0.05) is 42.5 Å². The topological polar surface area (TPSA) is 66.8 Å². The van der Waals surface area contributed by atoms with Gasteiger partial charge in [-0.05, 0) is 36.1 Å². The summed E-state index contributed by atoms with van der Waals surface area (Å²) in [5.74, 6) is -0.941. The summed E-state index contributed by atoms with van der Waals surface area (Å²) >= 11 is 0. The van der Waals surface area contributed by atoms with Gasteiger partial charge in [0.25, 0.3) is 0 Å². The van der Waals surface area contributed by atoms with E-state index in [1.165, 1.54) is 17.7 Å². The highest BCUT2D eigenvalue weighted by Crippen LogP contribution is 2.09. The number of nitrogens with zero attached hydrogens (tertiary/aromatic N) is 1. The lowest BCUT2D eigenvalue weighted by atomic mass is 10.1. The third kappa shape index (κ3) is 6.33. The summed E-state index contributed by atoms with van der Waals surface area (Å²) in [6.07, 6.45) is 2.07. The van der Waals surface area contributed by atoms with E-state index < -0.39 is 5.97 Å². The molecule has 2 aromatic carbocycles. The zero-order chi connectivity index (χ0) is 18.8. The molecule has 0 spiro atoms. The molecule has 26 heavy (non-hydrogen) atoms. The van der Waals surface area contributed by atoms with Crippen molar-refractivity contribution in [3.8, 4) is 0 Å². The monoisotopic (exact) mass is 355 g/mol. The van der Waals surface area contributed by atoms with E-state index in [0.717, 1.165) is 18.4 Å². The molecule has 1 N–H and O–H groups in total. The van der Waals surface area contributed by atoms with Crippen LogP contribution in [0.25, 0.3) is 0 Å². The standard InChI is InChI=1S/C21H25NO4/c1-26-15-14-22(13-5-8-17-6-3-2-4-7-17)20(23)16-18-9-11-19(12-10-18)21(24)25/h2-4,6-7,9-12H,5,8,13-16H2,1H3,(H,24,25). The Morgan fingerprint density at radius 2 is 1.65 bits per heavy atom. The van der Waals surface area contributed by atoms with E-state index in [2.05, 4.69) is 12.1 Å². The fourth-order valence-corrected chi connectivity index (χ4v) is 2.73. The van der Waals surface area contributed by atoms with E-state index in [9.17, 15) is 9.59 Å². The second kappa shape index (κ2) is 10.4. The van der Waals surface area contributed by atoms with Crippen molar-refractivity contribution in [3.63, 3.8) is 0 Å². The summed E-state index contributed by atoms with van der Waals surface area (Å²) in [6, 6.07) is 16.7. The first kappa shape index (κ1) is 19.7. The number of methoxy groups -OCH3 is 1. The lowest BCUT2D eigenvalue weighted by molar-refractivity contribution is -0.131. The molecule has 138 valence electrons. The molecule has 0 aromatic heterocycles. The minimum atomic E-state index is -0.967. The molecule has 0 bridgehead atoms. The van der Waals surface area contributed by atoms with Crippen molar-refractivity contribution in [1.29, 1.82) is 0 Å². The summed E-state index contributed by atoms with van der Waals surface area (Å²) in [4.78, 5) is 25.4. The number of carbonyl (C=O) groups excluding carboxylic acids is 1. The van der Waals surface area contributed by atoms with Gasteiger partial charge >= 0.3 is 5.97 Å². The largest absolute Gasteiger partial charge is 0.478 e. The summed E-state index contributed by atoms with van der Waals surface area (Å²) in [5.41, 5.74) is 2.29. The molecule has 0 radical (unpaired) electrons. The Kier molecular flexibility index (Phi) is 7.83. The van der Waals surface area contributed by atoms with E-state index in [1.54, 1.807) is 19.2 Å². The minimum Gasteiger partial charge on any atom is -0.478 e. The van der Waals surface area contributed by atoms with Gasteiger partial charge in [-0.3, -0.25) is 4.79 Å². The van der Waals surface area contributed by atoms with Crippen LogP contribution in [-0.4, -0.2) is 48.7 Å². The highest BCUT2D eigenvalue weighted by Gasteiger charge is 2.14. The van der Waals surface area contributed by atoms with Crippen LogP contribution in [-0.2, 0) is 22.4 Å². The number of aryl methyl sites for hydroxylation is 1. The first-order valence-corrected chi connectivity index (χ1v) is 8.73. The summed E-state index contributed by atoms with van der Waals surface area (Å²) in [7, 11) is 1.62. The van der Waals surface area contributed by atoms with Gasteiger partial charge in [-0.25, -0.2) is 4.79 Å². The molecule has 2 rings (SSSR count). The Hall–Kier alpha value is -2.66. The number of carboxylic acid groups (broad SMARTS) is 1.